The summed E-state index contributed by atoms with van der Waals surface area (Å²) in [5, 5.41) is 0. The molecule has 0 spiro atoms. The minimum Gasteiger partial charge on any atom is -0.429 e. The summed E-state index contributed by atoms with van der Waals surface area (Å²) < 4.78 is 28.9. The van der Waals surface area contributed by atoms with E-state index in [4.69, 9.17) is 28.4 Å². The van der Waals surface area contributed by atoms with Gasteiger partial charge in [0.15, 0.2) is 0 Å². The predicted octanol–water partition coefficient (Wildman–Crippen LogP) is 5.43. The smallest absolute Gasteiger partial charge is 0.429 e. The van der Waals surface area contributed by atoms with Crippen LogP contribution in [-0.4, -0.2) is 37.8 Å². The van der Waals surface area contributed by atoms with Crippen LogP contribution in [0.5, 0.6) is 0 Å². The SMILES string of the molecule is O=C(CCCCCCCC(=O)OCOC(=O)OCc1ccccc1)OCOC(=O)OCc1ccccc1. The second-order valence-electron chi connectivity index (χ2n) is 7.87. The zero-order chi connectivity index (χ0) is 26.6. The van der Waals surface area contributed by atoms with E-state index in [1.54, 1.807) is 0 Å². The Kier molecular flexibility index (Phi) is 14.4. The number of esters is 2. The Labute approximate surface area is 215 Å². The quantitative estimate of drug-likeness (QED) is 0.123. The topological polar surface area (TPSA) is 124 Å². The number of hydrogen-bond acceptors (Lipinski definition) is 10. The minimum absolute atomic E-state index is 0.0724. The number of carbonyl (C=O) groups excluding carboxylic acids is 4. The van der Waals surface area contributed by atoms with Gasteiger partial charge in [0.1, 0.15) is 13.2 Å². The van der Waals surface area contributed by atoms with Crippen LogP contribution < -0.4 is 0 Å². The lowest BCUT2D eigenvalue weighted by molar-refractivity contribution is -0.154. The van der Waals surface area contributed by atoms with Crippen molar-refractivity contribution in [1.29, 1.82) is 0 Å². The fourth-order valence-corrected chi connectivity index (χ4v) is 3.02. The summed E-state index contributed by atoms with van der Waals surface area (Å²) in [7, 11) is 0. The van der Waals surface area contributed by atoms with Crippen molar-refractivity contribution in [3.8, 4) is 0 Å². The van der Waals surface area contributed by atoms with E-state index in [0.717, 1.165) is 30.4 Å². The summed E-state index contributed by atoms with van der Waals surface area (Å²) in [4.78, 5) is 46.3. The molecule has 0 aromatic heterocycles. The minimum atomic E-state index is -0.912. The van der Waals surface area contributed by atoms with Crippen molar-refractivity contribution in [3.05, 3.63) is 71.8 Å². The molecule has 37 heavy (non-hydrogen) atoms. The summed E-state index contributed by atoms with van der Waals surface area (Å²) in [6, 6.07) is 18.2. The summed E-state index contributed by atoms with van der Waals surface area (Å²) in [5.74, 6) is -0.941. The molecule has 200 valence electrons. The largest absolute Gasteiger partial charge is 0.511 e. The molecule has 0 aliphatic heterocycles. The van der Waals surface area contributed by atoms with Gasteiger partial charge < -0.3 is 28.4 Å². The Morgan fingerprint density at radius 3 is 1.24 bits per heavy atom. The lowest BCUT2D eigenvalue weighted by Gasteiger charge is -2.08. The lowest BCUT2D eigenvalue weighted by Crippen LogP contribution is -2.14. The number of carbonyl (C=O) groups is 4. The Hall–Kier alpha value is -4.08. The molecule has 2 rings (SSSR count). The van der Waals surface area contributed by atoms with Crippen LogP contribution in [0.2, 0.25) is 0 Å². The maximum Gasteiger partial charge on any atom is 0.511 e. The fraction of sp³-hybridized carbons (Fsp3) is 0.407. The van der Waals surface area contributed by atoms with Crippen molar-refractivity contribution in [3.63, 3.8) is 0 Å². The average Bonchev–Trinajstić information content (AvgIpc) is 2.91. The summed E-state index contributed by atoms with van der Waals surface area (Å²) in [5.41, 5.74) is 1.64. The summed E-state index contributed by atoms with van der Waals surface area (Å²) in [6.45, 7) is -0.849. The highest BCUT2D eigenvalue weighted by molar-refractivity contribution is 5.69. The van der Waals surface area contributed by atoms with E-state index in [1.165, 1.54) is 0 Å². The van der Waals surface area contributed by atoms with E-state index in [2.05, 4.69) is 0 Å². The third kappa shape index (κ3) is 14.8. The number of ether oxygens (including phenoxy) is 6. The maximum absolute atomic E-state index is 11.7. The Bertz CT molecular complexity index is 869. The number of hydrogen-bond donors (Lipinski definition) is 0. The third-order valence-corrected chi connectivity index (χ3v) is 4.95. The number of benzene rings is 2. The fourth-order valence-electron chi connectivity index (χ4n) is 3.02. The molecule has 0 unspecified atom stereocenters. The molecule has 0 radical (unpaired) electrons. The number of unbranched alkanes of at least 4 members (excludes halogenated alkanes) is 4. The predicted molar refractivity (Wildman–Crippen MR) is 130 cm³/mol. The van der Waals surface area contributed by atoms with Gasteiger partial charge in [-0.3, -0.25) is 9.59 Å². The molecule has 0 heterocycles. The molecule has 10 heteroatoms. The molecule has 0 N–H and O–H groups in total. The van der Waals surface area contributed by atoms with E-state index >= 15 is 0 Å². The van der Waals surface area contributed by atoms with Crippen molar-refractivity contribution < 1.29 is 47.6 Å². The molecule has 0 bridgehead atoms. The molecule has 0 saturated heterocycles. The van der Waals surface area contributed by atoms with Crippen molar-refractivity contribution in [1.82, 2.24) is 0 Å². The molecule has 0 saturated carbocycles. The third-order valence-electron chi connectivity index (χ3n) is 4.95. The van der Waals surface area contributed by atoms with E-state index < -0.39 is 37.8 Å². The first kappa shape index (κ1) is 29.2. The van der Waals surface area contributed by atoms with Crippen LogP contribution >= 0.6 is 0 Å². The monoisotopic (exact) mass is 516 g/mol. The normalized spacial score (nSPS) is 10.2. The molecule has 0 atom stereocenters. The van der Waals surface area contributed by atoms with E-state index in [9.17, 15) is 19.2 Å². The summed E-state index contributed by atoms with van der Waals surface area (Å²) in [6.07, 6.45) is 2.17. The van der Waals surface area contributed by atoms with Crippen molar-refractivity contribution in [2.45, 2.75) is 58.2 Å². The Morgan fingerprint density at radius 2 is 0.838 bits per heavy atom. The lowest BCUT2D eigenvalue weighted by atomic mass is 10.1. The van der Waals surface area contributed by atoms with Crippen LogP contribution in [0.15, 0.2) is 60.7 Å². The Morgan fingerprint density at radius 1 is 0.459 bits per heavy atom. The first-order chi connectivity index (χ1) is 18.0. The highest BCUT2D eigenvalue weighted by atomic mass is 16.8. The van der Waals surface area contributed by atoms with Gasteiger partial charge in [-0.05, 0) is 24.0 Å². The first-order valence-electron chi connectivity index (χ1n) is 12.0. The second-order valence-corrected chi connectivity index (χ2v) is 7.87. The van der Waals surface area contributed by atoms with Gasteiger partial charge in [-0.2, -0.15) is 0 Å². The standard InChI is InChI=1S/C27H32O10/c28-24(34-20-36-26(30)32-18-22-12-6-4-7-13-22)16-10-2-1-3-11-17-25(29)35-21-37-27(31)33-19-23-14-8-5-9-15-23/h4-9,12-15H,1-3,10-11,16-21H2. The zero-order valence-electron chi connectivity index (χ0n) is 20.6. The Balaban J connectivity index is 1.36. The van der Waals surface area contributed by atoms with Crippen molar-refractivity contribution in [2.24, 2.45) is 0 Å². The van der Waals surface area contributed by atoms with Crippen LogP contribution in [0.4, 0.5) is 9.59 Å². The molecular formula is C27H32O10. The molecule has 10 nitrogen and oxygen atoms in total. The molecule has 2 aromatic carbocycles. The van der Waals surface area contributed by atoms with Crippen LogP contribution in [0, 0.1) is 0 Å². The average molecular weight is 517 g/mol. The van der Waals surface area contributed by atoms with Gasteiger partial charge in [-0.1, -0.05) is 79.9 Å². The van der Waals surface area contributed by atoms with Gasteiger partial charge in [0.2, 0.25) is 13.6 Å². The highest BCUT2D eigenvalue weighted by Gasteiger charge is 2.09. The second kappa shape index (κ2) is 18.2. The van der Waals surface area contributed by atoms with Gasteiger partial charge >= 0.3 is 24.2 Å². The van der Waals surface area contributed by atoms with E-state index in [0.29, 0.717) is 12.8 Å². The van der Waals surface area contributed by atoms with Gasteiger partial charge in [-0.25, -0.2) is 9.59 Å². The van der Waals surface area contributed by atoms with Gasteiger partial charge in [0.25, 0.3) is 0 Å². The van der Waals surface area contributed by atoms with Crippen LogP contribution in [0.25, 0.3) is 0 Å². The van der Waals surface area contributed by atoms with Crippen molar-refractivity contribution in [2.75, 3.05) is 13.6 Å². The van der Waals surface area contributed by atoms with Crippen LogP contribution in [-0.2, 0) is 51.2 Å². The highest BCUT2D eigenvalue weighted by Crippen LogP contribution is 2.09. The van der Waals surface area contributed by atoms with Gasteiger partial charge in [0.05, 0.1) is 0 Å². The van der Waals surface area contributed by atoms with Crippen LogP contribution in [0.1, 0.15) is 56.1 Å². The van der Waals surface area contributed by atoms with E-state index in [1.807, 2.05) is 60.7 Å². The van der Waals surface area contributed by atoms with Crippen molar-refractivity contribution >= 4 is 24.2 Å². The molecule has 2 aromatic rings. The molecule has 0 aliphatic rings. The number of rotatable bonds is 16. The van der Waals surface area contributed by atoms with Gasteiger partial charge in [-0.15, -0.1) is 0 Å². The molecule has 0 aliphatic carbocycles. The summed E-state index contributed by atoms with van der Waals surface area (Å²) >= 11 is 0. The maximum atomic E-state index is 11.7. The molecule has 0 fully saturated rings. The first-order valence-corrected chi connectivity index (χ1v) is 12.0. The zero-order valence-corrected chi connectivity index (χ0v) is 20.6. The molecular weight excluding hydrogens is 484 g/mol. The molecule has 0 amide bonds. The van der Waals surface area contributed by atoms with E-state index in [-0.39, 0.29) is 26.1 Å². The van der Waals surface area contributed by atoms with Crippen LogP contribution in [0.3, 0.4) is 0 Å². The van der Waals surface area contributed by atoms with Gasteiger partial charge in [0, 0.05) is 12.8 Å².